The Morgan fingerprint density at radius 2 is 1.61 bits per heavy atom. The van der Waals surface area contributed by atoms with Gasteiger partial charge in [-0.1, -0.05) is 6.58 Å². The number of hydrogen-bond donors (Lipinski definition) is 1. The van der Waals surface area contributed by atoms with E-state index in [4.69, 9.17) is 0 Å². The molecule has 4 aliphatic carbocycles. The highest BCUT2D eigenvalue weighted by atomic mass is 19.4. The third-order valence-electron chi connectivity index (χ3n) is 8.00. The number of fused-ring (bicyclic) bond motifs is 1. The average Bonchev–Trinajstić information content (AvgIpc) is 2.97. The first kappa shape index (κ1) is 20.0. The Labute approximate surface area is 158 Å². The van der Waals surface area contributed by atoms with Gasteiger partial charge in [-0.15, -0.1) is 0 Å². The van der Waals surface area contributed by atoms with E-state index in [9.17, 15) is 36.2 Å². The largest absolute Gasteiger partial charge is 0.455 e. The molecule has 4 aliphatic rings. The summed E-state index contributed by atoms with van der Waals surface area (Å²) in [6, 6.07) is 0. The summed E-state index contributed by atoms with van der Waals surface area (Å²) < 4.78 is 85.5. The van der Waals surface area contributed by atoms with Crippen molar-refractivity contribution in [3.8, 4) is 0 Å². The van der Waals surface area contributed by atoms with E-state index in [-0.39, 0.29) is 11.0 Å². The first-order chi connectivity index (χ1) is 12.7. The predicted octanol–water partition coefficient (Wildman–Crippen LogP) is 4.55. The zero-order valence-electron chi connectivity index (χ0n) is 15.3. The van der Waals surface area contributed by atoms with Gasteiger partial charge in [-0.3, -0.25) is 0 Å². The van der Waals surface area contributed by atoms with Crippen LogP contribution in [0.5, 0.6) is 0 Å². The molecule has 3 atom stereocenters. The molecule has 2 bridgehead atoms. The summed E-state index contributed by atoms with van der Waals surface area (Å²) in [6.07, 6.45) is -11.9. The van der Waals surface area contributed by atoms with E-state index in [1.165, 1.54) is 0 Å². The van der Waals surface area contributed by atoms with Crippen molar-refractivity contribution in [2.75, 3.05) is 0 Å². The van der Waals surface area contributed by atoms with Crippen molar-refractivity contribution in [3.05, 3.63) is 12.2 Å². The van der Waals surface area contributed by atoms with Gasteiger partial charge in [0.1, 0.15) is 6.10 Å². The monoisotopic (exact) mass is 412 g/mol. The molecular weight excluding hydrogens is 390 g/mol. The number of carbonyl (C=O) groups is 1. The van der Waals surface area contributed by atoms with E-state index in [0.717, 1.165) is 19.8 Å². The molecule has 4 fully saturated rings. The van der Waals surface area contributed by atoms with Gasteiger partial charge in [-0.05, 0) is 74.0 Å². The lowest BCUT2D eigenvalue weighted by molar-refractivity contribution is -0.393. The maximum atomic E-state index is 13.5. The van der Waals surface area contributed by atoms with Crippen molar-refractivity contribution in [1.82, 2.24) is 0 Å². The number of hydrogen-bond acceptors (Lipinski definition) is 3. The minimum Gasteiger partial charge on any atom is -0.455 e. The standard InChI is InChI=1S/C19H22F6O3/c1-9(2)14(26)28-13(17(27,18(20,21)22)19(23,24)25)7-15-5-11-3-10-4-12(6-15)16(10,11)8-15/h10-13,27H,1,3-8H2,2H3. The summed E-state index contributed by atoms with van der Waals surface area (Å²) in [5, 5.41) is 9.92. The van der Waals surface area contributed by atoms with Crippen LogP contribution in [0.2, 0.25) is 0 Å². The normalized spacial score (nSPS) is 39.6. The molecule has 28 heavy (non-hydrogen) atoms. The Kier molecular flexibility index (Phi) is 3.91. The second-order valence-corrected chi connectivity index (χ2v) is 9.40. The van der Waals surface area contributed by atoms with E-state index < -0.39 is 41.9 Å². The molecule has 0 aromatic rings. The lowest BCUT2D eigenvalue weighted by Crippen LogP contribution is -2.66. The molecular formula is C19H22F6O3. The number of ether oxygens (including phenoxy) is 1. The number of carbonyl (C=O) groups excluding carboxylic acids is 1. The predicted molar refractivity (Wildman–Crippen MR) is 84.8 cm³/mol. The Balaban J connectivity index is 1.68. The molecule has 0 heterocycles. The van der Waals surface area contributed by atoms with Crippen LogP contribution in [0.4, 0.5) is 26.3 Å². The molecule has 0 aliphatic heterocycles. The minimum atomic E-state index is -6.04. The van der Waals surface area contributed by atoms with Crippen molar-refractivity contribution in [3.63, 3.8) is 0 Å². The number of alkyl halides is 6. The second kappa shape index (κ2) is 5.46. The van der Waals surface area contributed by atoms with Crippen molar-refractivity contribution < 1.29 is 41.0 Å². The van der Waals surface area contributed by atoms with E-state index in [1.807, 2.05) is 0 Å². The fourth-order valence-corrected chi connectivity index (χ4v) is 6.90. The average molecular weight is 412 g/mol. The third kappa shape index (κ3) is 2.31. The van der Waals surface area contributed by atoms with Gasteiger partial charge in [0.15, 0.2) is 0 Å². The van der Waals surface area contributed by atoms with Crippen LogP contribution in [0, 0.1) is 28.6 Å². The Bertz CT molecular complexity index is 694. The van der Waals surface area contributed by atoms with Gasteiger partial charge in [0.2, 0.25) is 0 Å². The quantitative estimate of drug-likeness (QED) is 0.410. The first-order valence-corrected chi connectivity index (χ1v) is 9.39. The van der Waals surface area contributed by atoms with E-state index in [0.29, 0.717) is 37.0 Å². The van der Waals surface area contributed by atoms with Gasteiger partial charge in [-0.25, -0.2) is 4.79 Å². The van der Waals surface area contributed by atoms with Crippen LogP contribution in [-0.2, 0) is 9.53 Å². The molecule has 3 nitrogen and oxygen atoms in total. The highest BCUT2D eigenvalue weighted by molar-refractivity contribution is 5.87. The fourth-order valence-electron chi connectivity index (χ4n) is 6.90. The highest BCUT2D eigenvalue weighted by Crippen LogP contribution is 2.85. The molecule has 0 amide bonds. The topological polar surface area (TPSA) is 46.5 Å². The van der Waals surface area contributed by atoms with E-state index >= 15 is 0 Å². The van der Waals surface area contributed by atoms with Gasteiger partial charge in [0, 0.05) is 5.57 Å². The lowest BCUT2D eigenvalue weighted by Gasteiger charge is -2.66. The third-order valence-corrected chi connectivity index (χ3v) is 8.00. The number of halogens is 6. The summed E-state index contributed by atoms with van der Waals surface area (Å²) in [5.41, 5.74) is -6.14. The highest BCUT2D eigenvalue weighted by Gasteiger charge is 2.80. The fraction of sp³-hybridized carbons (Fsp3) is 0.842. The summed E-state index contributed by atoms with van der Waals surface area (Å²) in [6.45, 7) is 4.36. The number of esters is 1. The molecule has 158 valence electrons. The summed E-state index contributed by atoms with van der Waals surface area (Å²) in [5.74, 6) is -0.196. The van der Waals surface area contributed by atoms with Crippen molar-refractivity contribution in [1.29, 1.82) is 0 Å². The van der Waals surface area contributed by atoms with Gasteiger partial charge >= 0.3 is 18.3 Å². The molecule has 0 aromatic heterocycles. The second-order valence-electron chi connectivity index (χ2n) is 9.40. The maximum absolute atomic E-state index is 13.5. The van der Waals surface area contributed by atoms with Crippen molar-refractivity contribution in [2.24, 2.45) is 28.6 Å². The molecule has 1 N–H and O–H groups in total. The minimum absolute atomic E-state index is 0.0670. The molecule has 9 heteroatoms. The van der Waals surface area contributed by atoms with Crippen molar-refractivity contribution >= 4 is 5.97 Å². The Morgan fingerprint density at radius 3 is 1.96 bits per heavy atom. The van der Waals surface area contributed by atoms with Crippen LogP contribution in [0.3, 0.4) is 0 Å². The summed E-state index contributed by atoms with van der Waals surface area (Å²) in [4.78, 5) is 11.9. The molecule has 1 spiro atoms. The van der Waals surface area contributed by atoms with Gasteiger partial charge < -0.3 is 9.84 Å². The number of rotatable bonds is 5. The zero-order valence-corrected chi connectivity index (χ0v) is 15.3. The summed E-state index contributed by atoms with van der Waals surface area (Å²) >= 11 is 0. The lowest BCUT2D eigenvalue weighted by atomic mass is 9.38. The zero-order chi connectivity index (χ0) is 20.9. The molecule has 4 rings (SSSR count). The number of aliphatic hydroxyl groups is 1. The summed E-state index contributed by atoms with van der Waals surface area (Å²) in [7, 11) is 0. The van der Waals surface area contributed by atoms with Gasteiger partial charge in [0.25, 0.3) is 5.60 Å². The SMILES string of the molecule is C=C(C)C(=O)OC(CC12CC3CC4CC(C1)C43C2)C(O)(C(F)(F)F)C(F)(F)F. The van der Waals surface area contributed by atoms with Crippen molar-refractivity contribution in [2.45, 2.75) is 69.5 Å². The molecule has 0 aromatic carbocycles. The van der Waals surface area contributed by atoms with Crippen LogP contribution in [-0.4, -0.2) is 35.1 Å². The van der Waals surface area contributed by atoms with Crippen LogP contribution in [0.25, 0.3) is 0 Å². The first-order valence-electron chi connectivity index (χ1n) is 9.39. The molecule has 4 saturated carbocycles. The smallest absolute Gasteiger partial charge is 0.430 e. The van der Waals surface area contributed by atoms with Gasteiger partial charge in [-0.2, -0.15) is 26.3 Å². The molecule has 0 radical (unpaired) electrons. The van der Waals surface area contributed by atoms with Crippen LogP contribution >= 0.6 is 0 Å². The van der Waals surface area contributed by atoms with E-state index in [1.54, 1.807) is 0 Å². The Morgan fingerprint density at radius 1 is 1.11 bits per heavy atom. The van der Waals surface area contributed by atoms with Crippen LogP contribution in [0.1, 0.15) is 45.4 Å². The van der Waals surface area contributed by atoms with Gasteiger partial charge in [0.05, 0.1) is 0 Å². The van der Waals surface area contributed by atoms with Crippen LogP contribution in [0.15, 0.2) is 12.2 Å². The van der Waals surface area contributed by atoms with Crippen LogP contribution < -0.4 is 0 Å². The molecule has 3 unspecified atom stereocenters. The maximum Gasteiger partial charge on any atom is 0.430 e. The van der Waals surface area contributed by atoms with E-state index in [2.05, 4.69) is 11.3 Å². The Hall–Kier alpha value is -1.25. The molecule has 0 saturated heterocycles.